The zero-order chi connectivity index (χ0) is 18.9. The molecule has 0 bridgehead atoms. The first-order valence-corrected chi connectivity index (χ1v) is 11.0. The first-order chi connectivity index (χ1) is 12.7. The molecule has 0 unspecified atom stereocenters. The first-order valence-electron chi connectivity index (χ1n) is 11.0. The molecule has 0 aromatic carbocycles. The Morgan fingerprint density at radius 2 is 1.27 bits per heavy atom. The van der Waals surface area contributed by atoms with Crippen LogP contribution in [0.3, 0.4) is 0 Å². The fourth-order valence-electron chi connectivity index (χ4n) is 3.48. The Morgan fingerprint density at radius 3 is 1.73 bits per heavy atom. The van der Waals surface area contributed by atoms with Gasteiger partial charge in [-0.2, -0.15) is 0 Å². The van der Waals surface area contributed by atoms with E-state index in [0.717, 1.165) is 13.0 Å². The molecule has 0 aliphatic rings. The van der Waals surface area contributed by atoms with Gasteiger partial charge in [-0.3, -0.25) is 0 Å². The Hall–Kier alpha value is -1.32. The van der Waals surface area contributed by atoms with Crippen LogP contribution in [-0.2, 0) is 17.9 Å². The van der Waals surface area contributed by atoms with Crippen LogP contribution in [0.25, 0.3) is 0 Å². The van der Waals surface area contributed by atoms with Gasteiger partial charge in [0.15, 0.2) is 0 Å². The fraction of sp³-hybridized carbons (Fsp3) is 0.818. The van der Waals surface area contributed by atoms with E-state index in [1.807, 2.05) is 12.5 Å². The summed E-state index contributed by atoms with van der Waals surface area (Å²) in [5.41, 5.74) is 0. The number of unbranched alkanes of at least 4 members (excludes halogenated alkanes) is 14. The fourth-order valence-corrected chi connectivity index (χ4v) is 3.48. The van der Waals surface area contributed by atoms with E-state index in [4.69, 9.17) is 0 Å². The highest BCUT2D eigenvalue weighted by molar-refractivity contribution is 5.62. The van der Waals surface area contributed by atoms with Crippen LogP contribution in [0, 0.1) is 0 Å². The zero-order valence-corrected chi connectivity index (χ0v) is 17.0. The number of imidazole rings is 1. The van der Waals surface area contributed by atoms with Crippen molar-refractivity contribution in [3.63, 3.8) is 0 Å². The lowest BCUT2D eigenvalue weighted by atomic mass is 10.0. The average molecular weight is 365 g/mol. The standard InChI is InChI=1S/C22H40N2O2/c1-2-3-4-5-6-7-8-9-10-11-12-13-14-15-16-17-23-18-19-24(21-23)20-22(25)26/h18-19,21H,2-17,20H2,1H3. The maximum absolute atomic E-state index is 10.5. The maximum Gasteiger partial charge on any atom is 0.244 e. The summed E-state index contributed by atoms with van der Waals surface area (Å²) in [6.07, 6.45) is 26.2. The summed E-state index contributed by atoms with van der Waals surface area (Å²) in [5.74, 6) is -1.04. The molecule has 1 aromatic heterocycles. The normalized spacial score (nSPS) is 11.1. The number of carbonyl (C=O) groups excluding carboxylic acids is 1. The second-order valence-electron chi connectivity index (χ2n) is 7.65. The number of carboxylic acid groups (broad SMARTS) is 1. The molecule has 0 aliphatic heterocycles. The van der Waals surface area contributed by atoms with Gasteiger partial charge in [-0.25, -0.2) is 9.13 Å². The molecule has 0 N–H and O–H groups in total. The quantitative estimate of drug-likeness (QED) is 0.286. The van der Waals surface area contributed by atoms with Crippen molar-refractivity contribution in [3.8, 4) is 0 Å². The number of carboxylic acids is 1. The lowest BCUT2D eigenvalue weighted by Crippen LogP contribution is -2.42. The van der Waals surface area contributed by atoms with Crippen molar-refractivity contribution in [3.05, 3.63) is 18.7 Å². The second-order valence-corrected chi connectivity index (χ2v) is 7.65. The van der Waals surface area contributed by atoms with Crippen LogP contribution in [0.2, 0.25) is 0 Å². The number of aliphatic carboxylic acids is 1. The maximum atomic E-state index is 10.5. The molecule has 0 atom stereocenters. The van der Waals surface area contributed by atoms with Crippen LogP contribution >= 0.6 is 0 Å². The molecular formula is C22H40N2O2. The number of nitrogens with zero attached hydrogens (tertiary/aromatic N) is 2. The van der Waals surface area contributed by atoms with Crippen LogP contribution in [0.1, 0.15) is 103 Å². The number of rotatable bonds is 18. The van der Waals surface area contributed by atoms with E-state index in [2.05, 4.69) is 11.5 Å². The lowest BCUT2D eigenvalue weighted by molar-refractivity contribution is -0.690. The molecule has 0 saturated carbocycles. The number of hydrogen-bond acceptors (Lipinski definition) is 2. The monoisotopic (exact) mass is 364 g/mol. The minimum atomic E-state index is -1.04. The molecule has 4 heteroatoms. The molecular weight excluding hydrogens is 324 g/mol. The van der Waals surface area contributed by atoms with E-state index in [1.165, 1.54) is 89.9 Å². The third-order valence-corrected chi connectivity index (χ3v) is 5.08. The van der Waals surface area contributed by atoms with E-state index in [0.29, 0.717) is 0 Å². The highest BCUT2D eigenvalue weighted by atomic mass is 16.4. The smallest absolute Gasteiger partial charge is 0.244 e. The van der Waals surface area contributed by atoms with Crippen molar-refractivity contribution >= 4 is 5.97 Å². The topological polar surface area (TPSA) is 48.9 Å². The number of hydrogen-bond donors (Lipinski definition) is 0. The van der Waals surface area contributed by atoms with Gasteiger partial charge >= 0.3 is 0 Å². The minimum absolute atomic E-state index is 0.0636. The van der Waals surface area contributed by atoms with Gasteiger partial charge in [0.25, 0.3) is 0 Å². The number of aryl methyl sites for hydroxylation is 1. The summed E-state index contributed by atoms with van der Waals surface area (Å²) in [6, 6.07) is 0. The molecule has 0 amide bonds. The predicted octanol–water partition coefficient (Wildman–Crippen LogP) is 4.40. The number of carbonyl (C=O) groups is 1. The SMILES string of the molecule is CCCCCCCCCCCCCCCCCn1cc[n+](CC(=O)[O-])c1. The Bertz CT molecular complexity index is 457. The van der Waals surface area contributed by atoms with Crippen LogP contribution < -0.4 is 9.67 Å². The van der Waals surface area contributed by atoms with Gasteiger partial charge < -0.3 is 9.90 Å². The average Bonchev–Trinajstić information content (AvgIpc) is 3.05. The highest BCUT2D eigenvalue weighted by Crippen LogP contribution is 2.13. The Morgan fingerprint density at radius 1 is 0.808 bits per heavy atom. The summed E-state index contributed by atoms with van der Waals surface area (Å²) in [7, 11) is 0. The van der Waals surface area contributed by atoms with Crippen molar-refractivity contribution in [1.29, 1.82) is 0 Å². The van der Waals surface area contributed by atoms with Crippen molar-refractivity contribution in [2.75, 3.05) is 0 Å². The van der Waals surface area contributed by atoms with E-state index >= 15 is 0 Å². The summed E-state index contributed by atoms with van der Waals surface area (Å²) in [6.45, 7) is 3.18. The largest absolute Gasteiger partial charge is 0.546 e. The molecule has 1 aromatic rings. The molecule has 1 heterocycles. The summed E-state index contributed by atoms with van der Waals surface area (Å²) >= 11 is 0. The van der Waals surface area contributed by atoms with Gasteiger partial charge in [0, 0.05) is 0 Å². The molecule has 150 valence electrons. The van der Waals surface area contributed by atoms with Crippen molar-refractivity contribution in [2.45, 2.75) is 116 Å². The van der Waals surface area contributed by atoms with Crippen LogP contribution in [0.15, 0.2) is 18.7 Å². The predicted molar refractivity (Wildman–Crippen MR) is 105 cm³/mol. The molecule has 4 nitrogen and oxygen atoms in total. The first kappa shape index (κ1) is 22.7. The van der Waals surface area contributed by atoms with Crippen LogP contribution in [0.5, 0.6) is 0 Å². The van der Waals surface area contributed by atoms with Gasteiger partial charge in [0.1, 0.15) is 18.9 Å². The Labute approximate surface area is 160 Å². The molecule has 1 rings (SSSR count). The summed E-state index contributed by atoms with van der Waals surface area (Å²) < 4.78 is 3.71. The minimum Gasteiger partial charge on any atom is -0.546 e. The molecule has 26 heavy (non-hydrogen) atoms. The van der Waals surface area contributed by atoms with Gasteiger partial charge in [-0.05, 0) is 12.8 Å². The Kier molecular flexibility index (Phi) is 13.9. The van der Waals surface area contributed by atoms with E-state index in [-0.39, 0.29) is 6.54 Å². The molecule has 0 aliphatic carbocycles. The van der Waals surface area contributed by atoms with E-state index in [1.54, 1.807) is 10.8 Å². The van der Waals surface area contributed by atoms with Gasteiger partial charge in [-0.1, -0.05) is 90.4 Å². The molecule has 0 fully saturated rings. The van der Waals surface area contributed by atoms with E-state index in [9.17, 15) is 9.90 Å². The van der Waals surface area contributed by atoms with Crippen molar-refractivity contribution in [2.24, 2.45) is 0 Å². The van der Waals surface area contributed by atoms with Gasteiger partial charge in [-0.15, -0.1) is 0 Å². The summed E-state index contributed by atoms with van der Waals surface area (Å²) in [4.78, 5) is 10.5. The molecule has 0 radical (unpaired) electrons. The molecule has 0 saturated heterocycles. The van der Waals surface area contributed by atoms with Crippen molar-refractivity contribution in [1.82, 2.24) is 4.57 Å². The van der Waals surface area contributed by atoms with Gasteiger partial charge in [0.2, 0.25) is 6.33 Å². The van der Waals surface area contributed by atoms with Gasteiger partial charge in [0.05, 0.1) is 12.5 Å². The second kappa shape index (κ2) is 15.9. The molecule has 0 spiro atoms. The highest BCUT2D eigenvalue weighted by Gasteiger charge is 2.03. The zero-order valence-electron chi connectivity index (χ0n) is 17.0. The third kappa shape index (κ3) is 13.0. The third-order valence-electron chi connectivity index (χ3n) is 5.08. The Balaban J connectivity index is 1.81. The van der Waals surface area contributed by atoms with Crippen molar-refractivity contribution < 1.29 is 14.5 Å². The number of aromatic nitrogens is 2. The van der Waals surface area contributed by atoms with E-state index < -0.39 is 5.97 Å². The van der Waals surface area contributed by atoms with Crippen LogP contribution in [-0.4, -0.2) is 10.5 Å². The van der Waals surface area contributed by atoms with Crippen LogP contribution in [0.4, 0.5) is 0 Å². The lowest BCUT2D eigenvalue weighted by Gasteiger charge is -2.03. The summed E-state index contributed by atoms with van der Waals surface area (Å²) in [5, 5.41) is 10.5.